The predicted molar refractivity (Wildman–Crippen MR) is 74.6 cm³/mol. The van der Waals surface area contributed by atoms with Gasteiger partial charge in [-0.15, -0.1) is 11.3 Å². The number of nitrogen functional groups attached to an aromatic ring is 1. The van der Waals surface area contributed by atoms with E-state index in [4.69, 9.17) is 15.6 Å². The molecule has 0 spiro atoms. The van der Waals surface area contributed by atoms with Gasteiger partial charge in [-0.2, -0.15) is 0 Å². The number of hydrogen-bond donors (Lipinski definition) is 2. The van der Waals surface area contributed by atoms with E-state index in [2.05, 4.69) is 4.98 Å². The van der Waals surface area contributed by atoms with Crippen LogP contribution < -0.4 is 10.5 Å². The number of aromatic nitrogens is 1. The van der Waals surface area contributed by atoms with Crippen LogP contribution in [0.15, 0.2) is 18.2 Å². The Morgan fingerprint density at radius 1 is 1.53 bits per heavy atom. The molecule has 0 aliphatic carbocycles. The molecule has 5 nitrogen and oxygen atoms in total. The molecule has 0 unspecified atom stereocenters. The third kappa shape index (κ3) is 2.85. The number of aliphatic carboxylic acids is 1. The van der Waals surface area contributed by atoms with Gasteiger partial charge in [0.25, 0.3) is 0 Å². The Morgan fingerprint density at radius 3 is 2.84 bits per heavy atom. The second-order valence-electron chi connectivity index (χ2n) is 4.08. The lowest BCUT2D eigenvalue weighted by Gasteiger charge is -2.07. The second kappa shape index (κ2) is 5.27. The molecule has 1 heterocycles. The van der Waals surface area contributed by atoms with Gasteiger partial charge < -0.3 is 15.6 Å². The molecule has 0 amide bonds. The number of thiazole rings is 1. The van der Waals surface area contributed by atoms with Crippen LogP contribution >= 0.6 is 11.3 Å². The Balaban J connectivity index is 2.49. The van der Waals surface area contributed by atoms with E-state index in [1.807, 2.05) is 25.1 Å². The first kappa shape index (κ1) is 13.4. The van der Waals surface area contributed by atoms with E-state index in [-0.39, 0.29) is 6.42 Å². The average Bonchev–Trinajstić information content (AvgIpc) is 2.69. The summed E-state index contributed by atoms with van der Waals surface area (Å²) in [5, 5.41) is 9.29. The number of carboxylic acid groups (broad SMARTS) is 1. The molecule has 0 aliphatic heterocycles. The Bertz CT molecular complexity index is 622. The number of carbonyl (C=O) groups is 1. The highest BCUT2D eigenvalue weighted by molar-refractivity contribution is 7.15. The van der Waals surface area contributed by atoms with Crippen molar-refractivity contribution < 1.29 is 14.6 Å². The lowest BCUT2D eigenvalue weighted by molar-refractivity contribution is -0.136. The van der Waals surface area contributed by atoms with Crippen molar-refractivity contribution in [3.05, 3.63) is 28.6 Å². The molecule has 19 heavy (non-hydrogen) atoms. The second-order valence-corrected chi connectivity index (χ2v) is 5.19. The van der Waals surface area contributed by atoms with Crippen molar-refractivity contribution in [3.8, 4) is 17.0 Å². The first-order valence-electron chi connectivity index (χ1n) is 5.63. The number of rotatable bonds is 4. The first-order valence-corrected chi connectivity index (χ1v) is 6.45. The molecule has 0 aliphatic rings. The van der Waals surface area contributed by atoms with E-state index in [0.29, 0.717) is 15.7 Å². The predicted octanol–water partition coefficient (Wildman–Crippen LogP) is 2.34. The van der Waals surface area contributed by atoms with Crippen LogP contribution in [-0.4, -0.2) is 23.2 Å². The van der Waals surface area contributed by atoms with Gasteiger partial charge in [0, 0.05) is 10.4 Å². The summed E-state index contributed by atoms with van der Waals surface area (Å²) in [7, 11) is 1.60. The summed E-state index contributed by atoms with van der Waals surface area (Å²) in [4.78, 5) is 15.8. The number of nitrogens with two attached hydrogens (primary N) is 1. The number of methoxy groups -OCH3 is 1. The minimum atomic E-state index is -0.893. The van der Waals surface area contributed by atoms with E-state index >= 15 is 0 Å². The maximum Gasteiger partial charge on any atom is 0.308 e. The Kier molecular flexibility index (Phi) is 3.71. The first-order chi connectivity index (χ1) is 9.01. The highest BCUT2D eigenvalue weighted by atomic mass is 32.1. The summed E-state index contributed by atoms with van der Waals surface area (Å²) in [6.07, 6.45) is -0.0737. The van der Waals surface area contributed by atoms with Crippen molar-refractivity contribution in [1.82, 2.24) is 4.98 Å². The lowest BCUT2D eigenvalue weighted by atomic mass is 10.0. The van der Waals surface area contributed by atoms with Crippen molar-refractivity contribution in [2.75, 3.05) is 12.8 Å². The van der Waals surface area contributed by atoms with E-state index in [9.17, 15) is 4.79 Å². The van der Waals surface area contributed by atoms with Crippen LogP contribution in [0.5, 0.6) is 5.75 Å². The Hall–Kier alpha value is -2.08. The summed E-state index contributed by atoms with van der Waals surface area (Å²) < 4.78 is 5.15. The maximum absolute atomic E-state index is 10.9. The molecule has 2 aromatic rings. The molecule has 3 N–H and O–H groups in total. The van der Waals surface area contributed by atoms with Gasteiger partial charge >= 0.3 is 5.97 Å². The van der Waals surface area contributed by atoms with Gasteiger partial charge in [-0.25, -0.2) is 4.98 Å². The number of ether oxygens (including phenoxy) is 1. The molecule has 6 heteroatoms. The largest absolute Gasteiger partial charge is 0.497 e. The van der Waals surface area contributed by atoms with Gasteiger partial charge in [-0.1, -0.05) is 0 Å². The quantitative estimate of drug-likeness (QED) is 0.896. The van der Waals surface area contributed by atoms with Crippen molar-refractivity contribution in [1.29, 1.82) is 0 Å². The minimum Gasteiger partial charge on any atom is -0.497 e. The molecule has 0 saturated carbocycles. The zero-order valence-electron chi connectivity index (χ0n) is 10.6. The van der Waals surface area contributed by atoms with Crippen molar-refractivity contribution in [3.63, 3.8) is 0 Å². The lowest BCUT2D eigenvalue weighted by Crippen LogP contribution is -2.00. The molecule has 0 fully saturated rings. The third-order valence-corrected chi connectivity index (χ3v) is 3.60. The van der Waals surface area contributed by atoms with E-state index in [0.717, 1.165) is 16.9 Å². The normalized spacial score (nSPS) is 10.4. The highest BCUT2D eigenvalue weighted by Crippen LogP contribution is 2.33. The number of anilines is 1. The maximum atomic E-state index is 10.9. The standard InChI is InChI=1S/C13H14N2O3S/c1-7-5-8(18-2)3-4-9(7)12-10(6-11(16)17)19-13(14)15-12/h3-5H,6H2,1-2H3,(H2,14,15)(H,16,17). The highest BCUT2D eigenvalue weighted by Gasteiger charge is 2.16. The van der Waals surface area contributed by atoms with Crippen LogP contribution in [0.2, 0.25) is 0 Å². The van der Waals surface area contributed by atoms with Crippen LogP contribution in [0.3, 0.4) is 0 Å². The van der Waals surface area contributed by atoms with Crippen LogP contribution in [0, 0.1) is 6.92 Å². The van der Waals surface area contributed by atoms with Gasteiger partial charge in [0.05, 0.1) is 19.2 Å². The van der Waals surface area contributed by atoms with Crippen LogP contribution in [0.4, 0.5) is 5.13 Å². The molecule has 0 saturated heterocycles. The van der Waals surface area contributed by atoms with Gasteiger partial charge in [-0.3, -0.25) is 4.79 Å². The van der Waals surface area contributed by atoms with Gasteiger partial charge in [-0.05, 0) is 30.7 Å². The third-order valence-electron chi connectivity index (χ3n) is 2.71. The van der Waals surface area contributed by atoms with E-state index in [1.54, 1.807) is 7.11 Å². The van der Waals surface area contributed by atoms with Gasteiger partial charge in [0.15, 0.2) is 5.13 Å². The fourth-order valence-corrected chi connectivity index (χ4v) is 2.70. The molecule has 2 rings (SSSR count). The summed E-state index contributed by atoms with van der Waals surface area (Å²) in [6.45, 7) is 1.93. The Morgan fingerprint density at radius 2 is 2.26 bits per heavy atom. The molecular formula is C13H14N2O3S. The van der Waals surface area contributed by atoms with Crippen molar-refractivity contribution >= 4 is 22.4 Å². The molecule has 0 atom stereocenters. The van der Waals surface area contributed by atoms with Crippen LogP contribution in [0.25, 0.3) is 11.3 Å². The summed E-state index contributed by atoms with van der Waals surface area (Å²) >= 11 is 1.21. The summed E-state index contributed by atoms with van der Waals surface area (Å²) in [6, 6.07) is 5.58. The smallest absolute Gasteiger partial charge is 0.308 e. The van der Waals surface area contributed by atoms with Gasteiger partial charge in [0.1, 0.15) is 5.75 Å². The fraction of sp³-hybridized carbons (Fsp3) is 0.231. The molecule has 1 aromatic heterocycles. The molecule has 0 bridgehead atoms. The average molecular weight is 278 g/mol. The van der Waals surface area contributed by atoms with E-state index < -0.39 is 5.97 Å². The van der Waals surface area contributed by atoms with Crippen LogP contribution in [0.1, 0.15) is 10.4 Å². The molecular weight excluding hydrogens is 264 g/mol. The number of hydrogen-bond acceptors (Lipinski definition) is 5. The summed E-state index contributed by atoms with van der Waals surface area (Å²) in [5.74, 6) is -0.139. The SMILES string of the molecule is COc1ccc(-c2nc(N)sc2CC(=O)O)c(C)c1. The number of nitrogens with zero attached hydrogens (tertiary/aromatic N) is 1. The van der Waals surface area contributed by atoms with Gasteiger partial charge in [0.2, 0.25) is 0 Å². The molecule has 100 valence electrons. The number of benzene rings is 1. The zero-order valence-corrected chi connectivity index (χ0v) is 11.5. The molecule has 1 aromatic carbocycles. The minimum absolute atomic E-state index is 0.0737. The number of carboxylic acids is 1. The van der Waals surface area contributed by atoms with Crippen molar-refractivity contribution in [2.24, 2.45) is 0 Å². The van der Waals surface area contributed by atoms with E-state index in [1.165, 1.54) is 11.3 Å². The molecule has 0 radical (unpaired) electrons. The monoisotopic (exact) mass is 278 g/mol. The van der Waals surface area contributed by atoms with Crippen LogP contribution in [-0.2, 0) is 11.2 Å². The Labute approximate surface area is 114 Å². The number of aryl methyl sites for hydroxylation is 1. The topological polar surface area (TPSA) is 85.4 Å². The summed E-state index contributed by atoms with van der Waals surface area (Å²) in [5.41, 5.74) is 8.18. The fourth-order valence-electron chi connectivity index (χ4n) is 1.87. The van der Waals surface area contributed by atoms with Crippen molar-refractivity contribution in [2.45, 2.75) is 13.3 Å². The zero-order chi connectivity index (χ0) is 14.0.